The summed E-state index contributed by atoms with van der Waals surface area (Å²) in [5.41, 5.74) is 0. The van der Waals surface area contributed by atoms with Gasteiger partial charge in [-0.05, 0) is 11.6 Å². The first kappa shape index (κ1) is 10.4. The van der Waals surface area contributed by atoms with Gasteiger partial charge in [0.05, 0.1) is 6.10 Å². The van der Waals surface area contributed by atoms with E-state index in [2.05, 4.69) is 15.0 Å². The molecule has 15 heavy (non-hydrogen) atoms. The minimum atomic E-state index is -0.289. The van der Waals surface area contributed by atoms with Crippen LogP contribution in [0.4, 0.5) is 11.9 Å². The second kappa shape index (κ2) is 3.79. The molecule has 2 rings (SSSR count). The fraction of sp³-hybridized carbons (Fsp3) is 0.625. The molecule has 0 spiro atoms. The van der Waals surface area contributed by atoms with Crippen LogP contribution in [0.5, 0.6) is 0 Å². The average molecular weight is 230 g/mol. The number of halogens is 1. The van der Waals surface area contributed by atoms with Crippen molar-refractivity contribution in [2.45, 2.75) is 6.10 Å². The van der Waals surface area contributed by atoms with Crippen LogP contribution in [-0.2, 0) is 0 Å². The van der Waals surface area contributed by atoms with E-state index in [4.69, 9.17) is 11.6 Å². The van der Waals surface area contributed by atoms with Crippen molar-refractivity contribution in [1.82, 2.24) is 15.0 Å². The molecule has 0 atom stereocenters. The molecule has 0 unspecified atom stereocenters. The third-order valence-corrected chi connectivity index (χ3v) is 2.30. The van der Waals surface area contributed by atoms with Gasteiger partial charge in [-0.1, -0.05) is 0 Å². The third-order valence-electron chi connectivity index (χ3n) is 2.13. The molecule has 1 N–H and O–H groups in total. The van der Waals surface area contributed by atoms with Crippen LogP contribution < -0.4 is 9.80 Å². The average Bonchev–Trinajstić information content (AvgIpc) is 2.12. The van der Waals surface area contributed by atoms with E-state index >= 15 is 0 Å². The molecule has 1 aliphatic heterocycles. The molecule has 0 bridgehead atoms. The summed E-state index contributed by atoms with van der Waals surface area (Å²) in [6.45, 7) is 1.10. The molecular weight excluding hydrogens is 218 g/mol. The number of aliphatic hydroxyl groups excluding tert-OH is 1. The summed E-state index contributed by atoms with van der Waals surface area (Å²) in [6.07, 6.45) is -0.289. The predicted molar refractivity (Wildman–Crippen MR) is 57.4 cm³/mol. The number of hydrogen-bond donors (Lipinski definition) is 1. The maximum absolute atomic E-state index is 9.17. The lowest BCUT2D eigenvalue weighted by Gasteiger charge is -2.35. The van der Waals surface area contributed by atoms with E-state index in [1.54, 1.807) is 4.90 Å². The first-order valence-electron chi connectivity index (χ1n) is 4.58. The highest BCUT2D eigenvalue weighted by atomic mass is 35.5. The smallest absolute Gasteiger partial charge is 0.231 e. The molecule has 82 valence electrons. The molecule has 2 heterocycles. The van der Waals surface area contributed by atoms with Gasteiger partial charge in [0.25, 0.3) is 0 Å². The van der Waals surface area contributed by atoms with Gasteiger partial charge in [0.1, 0.15) is 0 Å². The number of aliphatic hydroxyl groups is 1. The first-order chi connectivity index (χ1) is 7.06. The Morgan fingerprint density at radius 1 is 1.33 bits per heavy atom. The molecule has 6 nitrogen and oxygen atoms in total. The Morgan fingerprint density at radius 2 is 2.00 bits per heavy atom. The van der Waals surface area contributed by atoms with Crippen LogP contribution in [0.25, 0.3) is 0 Å². The maximum Gasteiger partial charge on any atom is 0.231 e. The summed E-state index contributed by atoms with van der Waals surface area (Å²) in [7, 11) is 3.67. The normalized spacial score (nSPS) is 16.4. The number of β-amino-alcohol motifs (C(OH)–C–C–N with tert-alkyl or cyclic N) is 1. The van der Waals surface area contributed by atoms with E-state index in [9.17, 15) is 5.11 Å². The van der Waals surface area contributed by atoms with Gasteiger partial charge in [-0.25, -0.2) is 0 Å². The Morgan fingerprint density at radius 3 is 2.53 bits per heavy atom. The van der Waals surface area contributed by atoms with Gasteiger partial charge in [0.15, 0.2) is 0 Å². The predicted octanol–water partition coefficient (Wildman–Crippen LogP) is -0.228. The standard InChI is InChI=1S/C8H12ClN5O/c1-13(2)7-10-6(9)11-8(12-7)14-3-5(15)4-14/h5,15H,3-4H2,1-2H3. The molecule has 0 amide bonds. The van der Waals surface area contributed by atoms with E-state index in [-0.39, 0.29) is 11.4 Å². The van der Waals surface area contributed by atoms with Crippen LogP contribution in [0.2, 0.25) is 5.28 Å². The van der Waals surface area contributed by atoms with Crippen LogP contribution in [0.1, 0.15) is 0 Å². The summed E-state index contributed by atoms with van der Waals surface area (Å²) in [5, 5.41) is 9.34. The van der Waals surface area contributed by atoms with E-state index < -0.39 is 0 Å². The summed E-state index contributed by atoms with van der Waals surface area (Å²) in [6, 6.07) is 0. The van der Waals surface area contributed by atoms with Crippen LogP contribution in [-0.4, -0.2) is 53.3 Å². The molecule has 1 aromatic heterocycles. The molecule has 0 aliphatic carbocycles. The fourth-order valence-electron chi connectivity index (χ4n) is 1.29. The molecule has 0 saturated carbocycles. The summed E-state index contributed by atoms with van der Waals surface area (Å²) < 4.78 is 0. The maximum atomic E-state index is 9.17. The first-order valence-corrected chi connectivity index (χ1v) is 4.96. The summed E-state index contributed by atoms with van der Waals surface area (Å²) in [5.74, 6) is 1.04. The van der Waals surface area contributed by atoms with Gasteiger partial charge < -0.3 is 14.9 Å². The van der Waals surface area contributed by atoms with E-state index in [0.29, 0.717) is 25.0 Å². The van der Waals surface area contributed by atoms with Gasteiger partial charge in [-0.15, -0.1) is 0 Å². The SMILES string of the molecule is CN(C)c1nc(Cl)nc(N2CC(O)C2)n1. The van der Waals surface area contributed by atoms with Crippen molar-refractivity contribution in [3.63, 3.8) is 0 Å². The Kier molecular flexibility index (Phi) is 2.62. The van der Waals surface area contributed by atoms with Crippen LogP contribution in [0.15, 0.2) is 0 Å². The lowest BCUT2D eigenvalue weighted by Crippen LogP contribution is -2.51. The quantitative estimate of drug-likeness (QED) is 0.756. The second-order valence-electron chi connectivity index (χ2n) is 3.66. The van der Waals surface area contributed by atoms with Gasteiger partial charge in [0.2, 0.25) is 17.2 Å². The number of aromatic nitrogens is 3. The Bertz CT molecular complexity index is 366. The summed E-state index contributed by atoms with van der Waals surface area (Å²) in [4.78, 5) is 15.8. The number of nitrogens with zero attached hydrogens (tertiary/aromatic N) is 5. The van der Waals surface area contributed by atoms with E-state index in [1.165, 1.54) is 0 Å². The van der Waals surface area contributed by atoms with Crippen molar-refractivity contribution < 1.29 is 5.11 Å². The molecule has 0 aromatic carbocycles. The van der Waals surface area contributed by atoms with Crippen molar-refractivity contribution in [2.75, 3.05) is 37.0 Å². The molecule has 7 heteroatoms. The summed E-state index contributed by atoms with van der Waals surface area (Å²) >= 11 is 5.78. The highest BCUT2D eigenvalue weighted by Gasteiger charge is 2.27. The van der Waals surface area contributed by atoms with Crippen molar-refractivity contribution in [2.24, 2.45) is 0 Å². The highest BCUT2D eigenvalue weighted by molar-refractivity contribution is 6.28. The van der Waals surface area contributed by atoms with E-state index in [1.807, 2.05) is 19.0 Å². The van der Waals surface area contributed by atoms with Crippen LogP contribution >= 0.6 is 11.6 Å². The zero-order chi connectivity index (χ0) is 11.0. The number of rotatable bonds is 2. The lowest BCUT2D eigenvalue weighted by molar-refractivity contribution is 0.140. The molecule has 1 aromatic rings. The van der Waals surface area contributed by atoms with Gasteiger partial charge in [-0.3, -0.25) is 0 Å². The zero-order valence-corrected chi connectivity index (χ0v) is 9.31. The Labute approximate surface area is 92.5 Å². The van der Waals surface area contributed by atoms with E-state index in [0.717, 1.165) is 0 Å². The van der Waals surface area contributed by atoms with Gasteiger partial charge in [-0.2, -0.15) is 15.0 Å². The zero-order valence-electron chi connectivity index (χ0n) is 8.55. The van der Waals surface area contributed by atoms with Crippen LogP contribution in [0, 0.1) is 0 Å². The number of anilines is 2. The monoisotopic (exact) mass is 229 g/mol. The molecule has 1 fully saturated rings. The van der Waals surface area contributed by atoms with Crippen molar-refractivity contribution >= 4 is 23.5 Å². The topological polar surface area (TPSA) is 65.4 Å². The van der Waals surface area contributed by atoms with Gasteiger partial charge >= 0.3 is 0 Å². The van der Waals surface area contributed by atoms with Crippen molar-refractivity contribution in [3.8, 4) is 0 Å². The Hall–Kier alpha value is -1.14. The van der Waals surface area contributed by atoms with Crippen molar-refractivity contribution in [3.05, 3.63) is 5.28 Å². The molecule has 1 saturated heterocycles. The minimum absolute atomic E-state index is 0.171. The molecule has 0 radical (unpaired) electrons. The third kappa shape index (κ3) is 2.10. The minimum Gasteiger partial charge on any atom is -0.389 e. The fourth-order valence-corrected chi connectivity index (χ4v) is 1.44. The van der Waals surface area contributed by atoms with Crippen LogP contribution in [0.3, 0.4) is 0 Å². The largest absolute Gasteiger partial charge is 0.389 e. The second-order valence-corrected chi connectivity index (χ2v) is 4.00. The molecular formula is C8H12ClN5O. The Balaban J connectivity index is 2.24. The molecule has 1 aliphatic rings. The number of hydrogen-bond acceptors (Lipinski definition) is 6. The lowest BCUT2D eigenvalue weighted by atomic mass is 10.2. The highest BCUT2D eigenvalue weighted by Crippen LogP contribution is 2.19. The van der Waals surface area contributed by atoms with Crippen molar-refractivity contribution in [1.29, 1.82) is 0 Å². The van der Waals surface area contributed by atoms with Gasteiger partial charge in [0, 0.05) is 27.2 Å².